The van der Waals surface area contributed by atoms with Crippen molar-refractivity contribution < 1.29 is 9.47 Å². The van der Waals surface area contributed by atoms with Gasteiger partial charge in [0.25, 0.3) is 0 Å². The van der Waals surface area contributed by atoms with Gasteiger partial charge in [-0.05, 0) is 27.2 Å². The first-order valence-corrected chi connectivity index (χ1v) is 5.39. The number of nitrogens with one attached hydrogen (secondary N) is 2. The highest BCUT2D eigenvalue weighted by molar-refractivity contribution is 5.00. The summed E-state index contributed by atoms with van der Waals surface area (Å²) in [6, 6.07) is 0.446. The van der Waals surface area contributed by atoms with E-state index in [0.717, 1.165) is 13.0 Å². The molecule has 0 aromatic carbocycles. The molecule has 0 amide bonds. The van der Waals surface area contributed by atoms with Crippen LogP contribution in [0.1, 0.15) is 27.2 Å². The number of rotatable bonds is 5. The lowest BCUT2D eigenvalue weighted by molar-refractivity contribution is -0.198. The molecule has 0 saturated heterocycles. The van der Waals surface area contributed by atoms with Crippen molar-refractivity contribution in [2.45, 2.75) is 39.0 Å². The summed E-state index contributed by atoms with van der Waals surface area (Å²) >= 11 is 0. The molecule has 0 saturated carbocycles. The van der Waals surface area contributed by atoms with Crippen LogP contribution < -0.4 is 10.6 Å². The van der Waals surface area contributed by atoms with Gasteiger partial charge in [0.05, 0.1) is 6.61 Å². The summed E-state index contributed by atoms with van der Waals surface area (Å²) in [6.07, 6.45) is 2.99. The largest absolute Gasteiger partial charge is 0.385 e. The molecule has 2 N–H and O–H groups in total. The van der Waals surface area contributed by atoms with Gasteiger partial charge in [-0.1, -0.05) is 0 Å². The molecule has 1 aliphatic heterocycles. The standard InChI is InChI=1S/C11H22N2O2/c1-9-7-13-10(8-12-9)5-6-15-11(2,3)14-4/h7,10,12-13H,5-6,8H2,1-4H3. The SMILES string of the molecule is COC(C)(C)OCCC1CNC(C)=CN1. The second kappa shape index (κ2) is 5.37. The lowest BCUT2D eigenvalue weighted by atomic mass is 10.2. The molecule has 0 spiro atoms. The van der Waals surface area contributed by atoms with Crippen LogP contribution in [0.3, 0.4) is 0 Å². The molecule has 0 radical (unpaired) electrons. The number of ether oxygens (including phenoxy) is 2. The van der Waals surface area contributed by atoms with E-state index in [1.165, 1.54) is 5.70 Å². The molecule has 4 nitrogen and oxygen atoms in total. The molecule has 1 rings (SSSR count). The van der Waals surface area contributed by atoms with Crippen molar-refractivity contribution in [1.82, 2.24) is 10.6 Å². The molecule has 0 aliphatic carbocycles. The van der Waals surface area contributed by atoms with E-state index in [4.69, 9.17) is 9.47 Å². The van der Waals surface area contributed by atoms with Crippen LogP contribution in [0.15, 0.2) is 11.9 Å². The van der Waals surface area contributed by atoms with E-state index in [2.05, 4.69) is 10.6 Å². The van der Waals surface area contributed by atoms with E-state index in [1.807, 2.05) is 27.0 Å². The fourth-order valence-corrected chi connectivity index (χ4v) is 1.33. The van der Waals surface area contributed by atoms with Crippen molar-refractivity contribution in [1.29, 1.82) is 0 Å². The fraction of sp³-hybridized carbons (Fsp3) is 0.818. The maximum absolute atomic E-state index is 5.60. The molecule has 4 heteroatoms. The second-order valence-corrected chi connectivity index (χ2v) is 4.31. The van der Waals surface area contributed by atoms with Gasteiger partial charge in [0.15, 0.2) is 5.79 Å². The maximum Gasteiger partial charge on any atom is 0.162 e. The number of hydrogen-bond donors (Lipinski definition) is 2. The average molecular weight is 214 g/mol. The normalized spacial score (nSPS) is 21.6. The van der Waals surface area contributed by atoms with E-state index in [-0.39, 0.29) is 0 Å². The first-order valence-electron chi connectivity index (χ1n) is 5.39. The lowest BCUT2D eigenvalue weighted by Gasteiger charge is -2.27. The van der Waals surface area contributed by atoms with Gasteiger partial charge in [0, 0.05) is 31.6 Å². The molecule has 15 heavy (non-hydrogen) atoms. The fourth-order valence-electron chi connectivity index (χ4n) is 1.33. The summed E-state index contributed by atoms with van der Waals surface area (Å²) in [4.78, 5) is 0. The molecule has 0 fully saturated rings. The predicted molar refractivity (Wildman–Crippen MR) is 60.3 cm³/mol. The van der Waals surface area contributed by atoms with Gasteiger partial charge in [-0.15, -0.1) is 0 Å². The van der Waals surface area contributed by atoms with E-state index in [1.54, 1.807) is 7.11 Å². The molecule has 0 aromatic heterocycles. The Morgan fingerprint density at radius 3 is 2.80 bits per heavy atom. The zero-order valence-corrected chi connectivity index (χ0v) is 10.1. The molecule has 1 atom stereocenters. The monoisotopic (exact) mass is 214 g/mol. The molecule has 1 unspecified atom stereocenters. The number of methoxy groups -OCH3 is 1. The van der Waals surface area contributed by atoms with E-state index >= 15 is 0 Å². The van der Waals surface area contributed by atoms with Gasteiger partial charge in [0.2, 0.25) is 0 Å². The topological polar surface area (TPSA) is 42.5 Å². The van der Waals surface area contributed by atoms with Crippen molar-refractivity contribution in [3.8, 4) is 0 Å². The Labute approximate surface area is 92.0 Å². The highest BCUT2D eigenvalue weighted by Crippen LogP contribution is 2.10. The minimum atomic E-state index is -0.478. The maximum atomic E-state index is 5.60. The average Bonchev–Trinajstić information content (AvgIpc) is 2.21. The van der Waals surface area contributed by atoms with Crippen LogP contribution >= 0.6 is 0 Å². The van der Waals surface area contributed by atoms with Gasteiger partial charge in [0.1, 0.15) is 0 Å². The van der Waals surface area contributed by atoms with E-state index in [0.29, 0.717) is 12.6 Å². The van der Waals surface area contributed by atoms with Gasteiger partial charge < -0.3 is 20.1 Å². The van der Waals surface area contributed by atoms with Crippen LogP contribution in [-0.4, -0.2) is 32.1 Å². The van der Waals surface area contributed by atoms with Gasteiger partial charge in [-0.25, -0.2) is 0 Å². The van der Waals surface area contributed by atoms with Crippen molar-refractivity contribution in [3.63, 3.8) is 0 Å². The predicted octanol–water partition coefficient (Wildman–Crippen LogP) is 1.20. The van der Waals surface area contributed by atoms with Gasteiger partial charge in [-0.2, -0.15) is 0 Å². The molecule has 1 heterocycles. The van der Waals surface area contributed by atoms with Gasteiger partial charge in [-0.3, -0.25) is 0 Å². The molecular weight excluding hydrogens is 192 g/mol. The first-order chi connectivity index (χ1) is 7.03. The first kappa shape index (κ1) is 12.3. The van der Waals surface area contributed by atoms with Crippen LogP contribution in [-0.2, 0) is 9.47 Å². The Hall–Kier alpha value is -0.740. The smallest absolute Gasteiger partial charge is 0.162 e. The van der Waals surface area contributed by atoms with Crippen molar-refractivity contribution in [3.05, 3.63) is 11.9 Å². The lowest BCUT2D eigenvalue weighted by Crippen LogP contribution is -2.41. The quantitative estimate of drug-likeness (QED) is 0.675. The Morgan fingerprint density at radius 1 is 1.53 bits per heavy atom. The zero-order chi connectivity index (χ0) is 11.3. The summed E-state index contributed by atoms with van der Waals surface area (Å²) in [5, 5.41) is 6.63. The summed E-state index contributed by atoms with van der Waals surface area (Å²) in [5.74, 6) is -0.478. The molecule has 88 valence electrons. The highest BCUT2D eigenvalue weighted by atomic mass is 16.7. The number of allylic oxidation sites excluding steroid dienone is 1. The Kier molecular flexibility index (Phi) is 4.42. The van der Waals surface area contributed by atoms with Crippen LogP contribution in [0.25, 0.3) is 0 Å². The molecule has 0 aromatic rings. The highest BCUT2D eigenvalue weighted by Gasteiger charge is 2.18. The zero-order valence-electron chi connectivity index (χ0n) is 10.1. The van der Waals surface area contributed by atoms with Crippen LogP contribution in [0.5, 0.6) is 0 Å². The van der Waals surface area contributed by atoms with Crippen LogP contribution in [0.4, 0.5) is 0 Å². The Bertz CT molecular complexity index is 227. The van der Waals surface area contributed by atoms with E-state index in [9.17, 15) is 0 Å². The molecular formula is C11H22N2O2. The third-order valence-corrected chi connectivity index (χ3v) is 2.57. The van der Waals surface area contributed by atoms with E-state index < -0.39 is 5.79 Å². The molecule has 1 aliphatic rings. The minimum absolute atomic E-state index is 0.446. The minimum Gasteiger partial charge on any atom is -0.385 e. The van der Waals surface area contributed by atoms with Crippen LogP contribution in [0.2, 0.25) is 0 Å². The van der Waals surface area contributed by atoms with Crippen LogP contribution in [0, 0.1) is 0 Å². The second-order valence-electron chi connectivity index (χ2n) is 4.31. The molecule has 0 bridgehead atoms. The summed E-state index contributed by atoms with van der Waals surface area (Å²) in [6.45, 7) is 7.55. The summed E-state index contributed by atoms with van der Waals surface area (Å²) in [5.41, 5.74) is 1.18. The summed E-state index contributed by atoms with van der Waals surface area (Å²) in [7, 11) is 1.66. The Balaban J connectivity index is 2.16. The van der Waals surface area contributed by atoms with Crippen molar-refractivity contribution in [2.75, 3.05) is 20.3 Å². The van der Waals surface area contributed by atoms with Crippen molar-refractivity contribution in [2.24, 2.45) is 0 Å². The summed E-state index contributed by atoms with van der Waals surface area (Å²) < 4.78 is 10.8. The third-order valence-electron chi connectivity index (χ3n) is 2.57. The number of hydrogen-bond acceptors (Lipinski definition) is 4. The third kappa shape index (κ3) is 4.53. The van der Waals surface area contributed by atoms with Crippen molar-refractivity contribution >= 4 is 0 Å². The van der Waals surface area contributed by atoms with Gasteiger partial charge >= 0.3 is 0 Å². The Morgan fingerprint density at radius 2 is 2.27 bits per heavy atom.